The number of rotatable bonds is 8. The molecule has 0 aliphatic heterocycles. The number of likely N-dealkylation sites (N-methyl/N-ethyl adjacent to an activating group) is 1. The van der Waals surface area contributed by atoms with E-state index in [1.807, 2.05) is 42.3 Å². The van der Waals surface area contributed by atoms with Crippen molar-refractivity contribution in [1.82, 2.24) is 10.2 Å². The maximum absolute atomic E-state index is 11.6. The van der Waals surface area contributed by atoms with Crippen LogP contribution in [-0.4, -0.2) is 43.6 Å². The second kappa shape index (κ2) is 7.14. The molecule has 4 heteroatoms. The summed E-state index contributed by atoms with van der Waals surface area (Å²) in [5.41, 5.74) is 0. The Morgan fingerprint density at radius 3 is 2.79 bits per heavy atom. The first-order valence-electron chi connectivity index (χ1n) is 6.90. The average molecular weight is 262 g/mol. The second-order valence-corrected chi connectivity index (χ2v) is 5.09. The van der Waals surface area contributed by atoms with Crippen molar-refractivity contribution in [3.05, 3.63) is 30.3 Å². The number of nitrogens with one attached hydrogen (secondary N) is 1. The summed E-state index contributed by atoms with van der Waals surface area (Å²) in [7, 11) is 1.97. The Labute approximate surface area is 114 Å². The largest absolute Gasteiger partial charge is 0.494 e. The third kappa shape index (κ3) is 5.75. The Kier molecular flexibility index (Phi) is 5.21. The maximum atomic E-state index is 11.6. The lowest BCUT2D eigenvalue weighted by atomic mass is 10.3. The highest BCUT2D eigenvalue weighted by atomic mass is 16.5. The van der Waals surface area contributed by atoms with E-state index in [-0.39, 0.29) is 5.91 Å². The summed E-state index contributed by atoms with van der Waals surface area (Å²) < 4.78 is 5.61. The van der Waals surface area contributed by atoms with E-state index in [2.05, 4.69) is 5.32 Å². The molecular formula is C15H22N2O2. The molecule has 4 nitrogen and oxygen atoms in total. The predicted molar refractivity (Wildman–Crippen MR) is 75.2 cm³/mol. The molecule has 0 spiro atoms. The van der Waals surface area contributed by atoms with Gasteiger partial charge in [-0.15, -0.1) is 0 Å². The molecule has 19 heavy (non-hydrogen) atoms. The molecule has 1 aliphatic carbocycles. The smallest absolute Gasteiger partial charge is 0.234 e. The highest BCUT2D eigenvalue weighted by molar-refractivity contribution is 5.78. The Balaban J connectivity index is 1.53. The van der Waals surface area contributed by atoms with Crippen LogP contribution in [-0.2, 0) is 4.79 Å². The van der Waals surface area contributed by atoms with Crippen molar-refractivity contribution in [2.24, 2.45) is 0 Å². The van der Waals surface area contributed by atoms with Crippen LogP contribution >= 0.6 is 0 Å². The molecule has 1 fully saturated rings. The van der Waals surface area contributed by atoms with Gasteiger partial charge in [0.05, 0.1) is 13.2 Å². The molecule has 0 aromatic heterocycles. The van der Waals surface area contributed by atoms with Crippen molar-refractivity contribution in [2.75, 3.05) is 26.7 Å². The third-order valence-corrected chi connectivity index (χ3v) is 3.05. The molecule has 0 heterocycles. The first kappa shape index (κ1) is 13.9. The van der Waals surface area contributed by atoms with Gasteiger partial charge in [-0.2, -0.15) is 0 Å². The highest BCUT2D eigenvalue weighted by Crippen LogP contribution is 2.18. The van der Waals surface area contributed by atoms with Crippen molar-refractivity contribution < 1.29 is 9.53 Å². The summed E-state index contributed by atoms with van der Waals surface area (Å²) in [4.78, 5) is 13.6. The number of hydrogen-bond acceptors (Lipinski definition) is 3. The van der Waals surface area contributed by atoms with Gasteiger partial charge < -0.3 is 10.1 Å². The van der Waals surface area contributed by atoms with Crippen molar-refractivity contribution in [3.8, 4) is 5.75 Å². The molecule has 0 unspecified atom stereocenters. The molecule has 1 saturated carbocycles. The Hall–Kier alpha value is -1.55. The zero-order chi connectivity index (χ0) is 13.5. The monoisotopic (exact) mass is 262 g/mol. The van der Waals surface area contributed by atoms with Gasteiger partial charge in [-0.1, -0.05) is 18.2 Å². The van der Waals surface area contributed by atoms with E-state index in [1.165, 1.54) is 0 Å². The number of amides is 1. The number of hydrogen-bond donors (Lipinski definition) is 1. The van der Waals surface area contributed by atoms with Gasteiger partial charge in [-0.3, -0.25) is 9.69 Å². The minimum atomic E-state index is 0.133. The number of benzene rings is 1. The second-order valence-electron chi connectivity index (χ2n) is 5.09. The van der Waals surface area contributed by atoms with Crippen LogP contribution in [0.5, 0.6) is 5.75 Å². The summed E-state index contributed by atoms with van der Waals surface area (Å²) >= 11 is 0. The zero-order valence-corrected chi connectivity index (χ0v) is 11.5. The van der Waals surface area contributed by atoms with E-state index >= 15 is 0 Å². The molecule has 1 N–H and O–H groups in total. The topological polar surface area (TPSA) is 41.6 Å². The normalized spacial score (nSPS) is 14.4. The first-order valence-corrected chi connectivity index (χ1v) is 6.90. The third-order valence-electron chi connectivity index (χ3n) is 3.05. The van der Waals surface area contributed by atoms with Gasteiger partial charge >= 0.3 is 0 Å². The number of carbonyl (C=O) groups is 1. The zero-order valence-electron chi connectivity index (χ0n) is 11.5. The van der Waals surface area contributed by atoms with Crippen LogP contribution < -0.4 is 10.1 Å². The molecule has 2 rings (SSSR count). The van der Waals surface area contributed by atoms with Crippen LogP contribution in [0.3, 0.4) is 0 Å². The van der Waals surface area contributed by atoms with Crippen LogP contribution in [0.4, 0.5) is 0 Å². The van der Waals surface area contributed by atoms with Gasteiger partial charge in [0.25, 0.3) is 0 Å². The lowest BCUT2D eigenvalue weighted by molar-refractivity contribution is -0.122. The number of nitrogens with zero attached hydrogens (tertiary/aromatic N) is 1. The lowest BCUT2D eigenvalue weighted by Gasteiger charge is -2.16. The first-order chi connectivity index (χ1) is 9.24. The summed E-state index contributed by atoms with van der Waals surface area (Å²) in [5, 5.41) is 2.99. The van der Waals surface area contributed by atoms with Crippen LogP contribution in [0, 0.1) is 0 Å². The minimum Gasteiger partial charge on any atom is -0.494 e. The van der Waals surface area contributed by atoms with E-state index in [0.717, 1.165) is 31.6 Å². The van der Waals surface area contributed by atoms with Crippen molar-refractivity contribution in [3.63, 3.8) is 0 Å². The molecule has 104 valence electrons. The molecule has 0 atom stereocenters. The number of ether oxygens (including phenoxy) is 1. The van der Waals surface area contributed by atoms with Gasteiger partial charge in [0.1, 0.15) is 5.75 Å². The maximum Gasteiger partial charge on any atom is 0.234 e. The predicted octanol–water partition coefficient (Wildman–Crippen LogP) is 1.67. The van der Waals surface area contributed by atoms with E-state index in [1.54, 1.807) is 0 Å². The van der Waals surface area contributed by atoms with Crippen LogP contribution in [0.2, 0.25) is 0 Å². The fraction of sp³-hybridized carbons (Fsp3) is 0.533. The molecule has 0 bridgehead atoms. The summed E-state index contributed by atoms with van der Waals surface area (Å²) in [6.07, 6.45) is 3.20. The summed E-state index contributed by atoms with van der Waals surface area (Å²) in [6, 6.07) is 10.2. The minimum absolute atomic E-state index is 0.133. The van der Waals surface area contributed by atoms with Crippen LogP contribution in [0.1, 0.15) is 19.3 Å². The van der Waals surface area contributed by atoms with E-state index in [9.17, 15) is 4.79 Å². The SMILES string of the molecule is CN(CCCOc1ccccc1)CC(=O)NC1CC1. The van der Waals surface area contributed by atoms with Crippen LogP contribution in [0.15, 0.2) is 30.3 Å². The van der Waals surface area contributed by atoms with Gasteiger partial charge in [0.2, 0.25) is 5.91 Å². The Morgan fingerprint density at radius 1 is 1.37 bits per heavy atom. The van der Waals surface area contributed by atoms with Gasteiger partial charge in [-0.25, -0.2) is 0 Å². The number of para-hydroxylation sites is 1. The van der Waals surface area contributed by atoms with E-state index in [0.29, 0.717) is 19.2 Å². The molecule has 1 aliphatic rings. The van der Waals surface area contributed by atoms with E-state index < -0.39 is 0 Å². The quantitative estimate of drug-likeness (QED) is 0.725. The molecule has 1 amide bonds. The van der Waals surface area contributed by atoms with Crippen molar-refractivity contribution in [2.45, 2.75) is 25.3 Å². The van der Waals surface area contributed by atoms with E-state index in [4.69, 9.17) is 4.74 Å². The van der Waals surface area contributed by atoms with Gasteiger partial charge in [-0.05, 0) is 38.4 Å². The van der Waals surface area contributed by atoms with Gasteiger partial charge in [0.15, 0.2) is 0 Å². The molecular weight excluding hydrogens is 240 g/mol. The fourth-order valence-corrected chi connectivity index (χ4v) is 1.87. The number of carbonyl (C=O) groups excluding carboxylic acids is 1. The highest BCUT2D eigenvalue weighted by Gasteiger charge is 2.23. The average Bonchev–Trinajstić information content (AvgIpc) is 3.19. The summed E-state index contributed by atoms with van der Waals surface area (Å²) in [5.74, 6) is 1.03. The molecule has 0 radical (unpaired) electrons. The Bertz CT molecular complexity index is 390. The van der Waals surface area contributed by atoms with Gasteiger partial charge in [0, 0.05) is 12.6 Å². The lowest BCUT2D eigenvalue weighted by Crippen LogP contribution is -2.36. The van der Waals surface area contributed by atoms with Crippen LogP contribution in [0.25, 0.3) is 0 Å². The van der Waals surface area contributed by atoms with Crippen molar-refractivity contribution >= 4 is 5.91 Å². The molecule has 0 saturated heterocycles. The molecule has 1 aromatic carbocycles. The van der Waals surface area contributed by atoms with Crippen molar-refractivity contribution in [1.29, 1.82) is 0 Å². The summed E-state index contributed by atoms with van der Waals surface area (Å²) in [6.45, 7) is 2.02. The molecule has 1 aromatic rings. The fourth-order valence-electron chi connectivity index (χ4n) is 1.87. The standard InChI is InChI=1S/C15H22N2O2/c1-17(12-15(18)16-13-8-9-13)10-5-11-19-14-6-3-2-4-7-14/h2-4,6-7,13H,5,8-12H2,1H3,(H,16,18). The Morgan fingerprint density at radius 2 is 2.11 bits per heavy atom.